The lowest BCUT2D eigenvalue weighted by atomic mass is 9.93. The molecule has 0 saturated heterocycles. The van der Waals surface area contributed by atoms with Gasteiger partial charge in [-0.3, -0.25) is 14.9 Å². The summed E-state index contributed by atoms with van der Waals surface area (Å²) in [5, 5.41) is 7.95. The SMILES string of the molecule is Cc1nc2c(c3c(-c4ccc(F)c5[nH]ncc45)c(N)c(=O)[nH]c13)COC2. The van der Waals surface area contributed by atoms with Crippen molar-refractivity contribution in [1.29, 1.82) is 0 Å². The molecule has 0 aliphatic carbocycles. The highest BCUT2D eigenvalue weighted by Gasteiger charge is 2.25. The number of aryl methyl sites for hydroxylation is 1. The molecule has 0 saturated carbocycles. The number of pyridine rings is 2. The quantitative estimate of drug-likeness (QED) is 0.488. The molecule has 1 aliphatic heterocycles. The molecule has 4 aromatic rings. The molecule has 1 aromatic carbocycles. The van der Waals surface area contributed by atoms with Crippen LogP contribution in [0.25, 0.3) is 32.9 Å². The third-order valence-corrected chi connectivity index (χ3v) is 4.89. The van der Waals surface area contributed by atoms with Gasteiger partial charge in [0.2, 0.25) is 0 Å². The number of aromatic amines is 2. The summed E-state index contributed by atoms with van der Waals surface area (Å²) in [6.45, 7) is 2.62. The third kappa shape index (κ3) is 1.87. The van der Waals surface area contributed by atoms with Crippen molar-refractivity contribution in [1.82, 2.24) is 20.2 Å². The molecule has 7 nitrogen and oxygen atoms in total. The first kappa shape index (κ1) is 15.0. The van der Waals surface area contributed by atoms with Crippen LogP contribution in [0.15, 0.2) is 23.1 Å². The summed E-state index contributed by atoms with van der Waals surface area (Å²) in [5.74, 6) is -0.416. The van der Waals surface area contributed by atoms with E-state index in [0.29, 0.717) is 40.9 Å². The lowest BCUT2D eigenvalue weighted by Gasteiger charge is -2.15. The summed E-state index contributed by atoms with van der Waals surface area (Å²) < 4.78 is 19.6. The van der Waals surface area contributed by atoms with E-state index in [9.17, 15) is 9.18 Å². The smallest absolute Gasteiger partial charge is 0.272 e. The van der Waals surface area contributed by atoms with Crippen LogP contribution in [0.5, 0.6) is 0 Å². The summed E-state index contributed by atoms with van der Waals surface area (Å²) >= 11 is 0. The van der Waals surface area contributed by atoms with Crippen LogP contribution in [0.3, 0.4) is 0 Å². The number of fused-ring (bicyclic) bond motifs is 4. The number of nitrogens with two attached hydrogens (primary N) is 1. The second-order valence-corrected chi connectivity index (χ2v) is 6.36. The van der Waals surface area contributed by atoms with E-state index in [1.807, 2.05) is 6.92 Å². The van der Waals surface area contributed by atoms with Crippen LogP contribution in [0.1, 0.15) is 17.0 Å². The van der Waals surface area contributed by atoms with Crippen molar-refractivity contribution in [2.75, 3.05) is 5.73 Å². The van der Waals surface area contributed by atoms with Crippen molar-refractivity contribution >= 4 is 27.5 Å². The summed E-state index contributed by atoms with van der Waals surface area (Å²) in [6, 6.07) is 2.96. The number of anilines is 1. The highest BCUT2D eigenvalue weighted by Crippen LogP contribution is 2.40. The van der Waals surface area contributed by atoms with Crippen LogP contribution in [0.2, 0.25) is 0 Å². The maximum Gasteiger partial charge on any atom is 0.272 e. The Morgan fingerprint density at radius 1 is 1.27 bits per heavy atom. The van der Waals surface area contributed by atoms with E-state index in [1.54, 1.807) is 6.07 Å². The number of hydrogen-bond donors (Lipinski definition) is 3. The second-order valence-electron chi connectivity index (χ2n) is 6.36. The molecule has 5 rings (SSSR count). The van der Waals surface area contributed by atoms with E-state index in [0.717, 1.165) is 16.6 Å². The average Bonchev–Trinajstić information content (AvgIpc) is 3.27. The van der Waals surface area contributed by atoms with Gasteiger partial charge in [0, 0.05) is 21.9 Å². The maximum absolute atomic E-state index is 14.1. The van der Waals surface area contributed by atoms with E-state index in [-0.39, 0.29) is 11.2 Å². The predicted octanol–water partition coefficient (Wildman–Crippen LogP) is 2.53. The Labute approximate surface area is 146 Å². The van der Waals surface area contributed by atoms with Gasteiger partial charge in [0.1, 0.15) is 17.0 Å². The standard InChI is InChI=1S/C18H14FN5O2/c1-7-16-14(10-5-26-6-12(10)22-7)13(15(20)18(25)23-16)8-2-3-11(19)17-9(8)4-21-24-17/h2-4H,5-6,20H2,1H3,(H,21,24)(H,23,25). The first-order valence-electron chi connectivity index (χ1n) is 8.09. The van der Waals surface area contributed by atoms with Crippen LogP contribution >= 0.6 is 0 Å². The first-order valence-corrected chi connectivity index (χ1v) is 8.09. The molecule has 130 valence electrons. The number of halogens is 1. The fraction of sp³-hybridized carbons (Fsp3) is 0.167. The van der Waals surface area contributed by atoms with Gasteiger partial charge < -0.3 is 15.5 Å². The second kappa shape index (κ2) is 5.12. The van der Waals surface area contributed by atoms with Gasteiger partial charge in [-0.25, -0.2) is 4.39 Å². The molecule has 26 heavy (non-hydrogen) atoms. The van der Waals surface area contributed by atoms with E-state index in [2.05, 4.69) is 20.2 Å². The van der Waals surface area contributed by atoms with Gasteiger partial charge in [0.05, 0.1) is 36.3 Å². The van der Waals surface area contributed by atoms with E-state index in [4.69, 9.17) is 10.5 Å². The van der Waals surface area contributed by atoms with Gasteiger partial charge in [0.25, 0.3) is 5.56 Å². The molecule has 4 N–H and O–H groups in total. The highest BCUT2D eigenvalue weighted by molar-refractivity contribution is 6.09. The van der Waals surface area contributed by atoms with Crippen LogP contribution in [-0.2, 0) is 18.0 Å². The largest absolute Gasteiger partial charge is 0.394 e. The Bertz CT molecular complexity index is 1270. The van der Waals surface area contributed by atoms with Crippen molar-refractivity contribution in [3.05, 3.63) is 51.5 Å². The molecule has 0 fully saturated rings. The maximum atomic E-state index is 14.1. The van der Waals surface area contributed by atoms with Crippen LogP contribution in [0.4, 0.5) is 10.1 Å². The minimum absolute atomic E-state index is 0.0753. The molecule has 0 unspecified atom stereocenters. The van der Waals surface area contributed by atoms with E-state index < -0.39 is 11.4 Å². The molecule has 0 spiro atoms. The Balaban J connectivity index is 2.03. The number of rotatable bonds is 1. The number of benzene rings is 1. The van der Waals surface area contributed by atoms with Gasteiger partial charge >= 0.3 is 0 Å². The van der Waals surface area contributed by atoms with Crippen LogP contribution in [-0.4, -0.2) is 20.2 Å². The van der Waals surface area contributed by atoms with Crippen molar-refractivity contribution in [3.63, 3.8) is 0 Å². The predicted molar refractivity (Wildman–Crippen MR) is 95.1 cm³/mol. The summed E-state index contributed by atoms with van der Waals surface area (Å²) in [4.78, 5) is 19.8. The number of nitrogens with zero attached hydrogens (tertiary/aromatic N) is 2. The topological polar surface area (TPSA) is 110 Å². The van der Waals surface area contributed by atoms with Crippen molar-refractivity contribution in [2.24, 2.45) is 0 Å². The van der Waals surface area contributed by atoms with Crippen molar-refractivity contribution in [2.45, 2.75) is 20.1 Å². The summed E-state index contributed by atoms with van der Waals surface area (Å²) in [7, 11) is 0. The minimum atomic E-state index is -0.416. The molecule has 0 bridgehead atoms. The molecule has 4 heterocycles. The minimum Gasteiger partial charge on any atom is -0.394 e. The Kier molecular flexibility index (Phi) is 2.96. The zero-order valence-electron chi connectivity index (χ0n) is 13.8. The van der Waals surface area contributed by atoms with Gasteiger partial charge in [-0.1, -0.05) is 6.07 Å². The Hall–Kier alpha value is -3.26. The van der Waals surface area contributed by atoms with Crippen molar-refractivity contribution in [3.8, 4) is 11.1 Å². The molecule has 0 radical (unpaired) electrons. The highest BCUT2D eigenvalue weighted by atomic mass is 19.1. The Morgan fingerprint density at radius 2 is 2.12 bits per heavy atom. The monoisotopic (exact) mass is 351 g/mol. The average molecular weight is 351 g/mol. The molecular weight excluding hydrogens is 337 g/mol. The number of hydrogen-bond acceptors (Lipinski definition) is 5. The number of ether oxygens (including phenoxy) is 1. The van der Waals surface area contributed by atoms with E-state index >= 15 is 0 Å². The van der Waals surface area contributed by atoms with Gasteiger partial charge in [-0.05, 0) is 18.6 Å². The molecular formula is C18H14FN5O2. The van der Waals surface area contributed by atoms with Crippen molar-refractivity contribution < 1.29 is 9.13 Å². The fourth-order valence-corrected chi connectivity index (χ4v) is 3.68. The number of nitrogens with one attached hydrogen (secondary N) is 2. The zero-order valence-corrected chi connectivity index (χ0v) is 13.8. The molecule has 0 atom stereocenters. The normalized spacial score (nSPS) is 13.6. The lowest BCUT2D eigenvalue weighted by Crippen LogP contribution is -2.15. The first-order chi connectivity index (χ1) is 12.6. The molecule has 1 aliphatic rings. The van der Waals surface area contributed by atoms with Gasteiger partial charge in [-0.15, -0.1) is 0 Å². The summed E-state index contributed by atoms with van der Waals surface area (Å²) in [6.07, 6.45) is 1.53. The third-order valence-electron chi connectivity index (χ3n) is 4.89. The van der Waals surface area contributed by atoms with Crippen LogP contribution < -0.4 is 11.3 Å². The summed E-state index contributed by atoms with van der Waals surface area (Å²) in [5.41, 5.74) is 10.4. The number of aromatic nitrogens is 4. The molecule has 0 amide bonds. The molecule has 8 heteroatoms. The fourth-order valence-electron chi connectivity index (χ4n) is 3.68. The zero-order chi connectivity index (χ0) is 18.0. The number of H-pyrrole nitrogens is 2. The molecule has 3 aromatic heterocycles. The van der Waals surface area contributed by atoms with E-state index in [1.165, 1.54) is 12.3 Å². The van der Waals surface area contributed by atoms with Gasteiger partial charge in [-0.2, -0.15) is 5.10 Å². The van der Waals surface area contributed by atoms with Gasteiger partial charge in [0.15, 0.2) is 0 Å². The lowest BCUT2D eigenvalue weighted by molar-refractivity contribution is 0.133. The van der Waals surface area contributed by atoms with Crippen LogP contribution in [0, 0.1) is 12.7 Å². The Morgan fingerprint density at radius 3 is 2.96 bits per heavy atom. The number of nitrogen functional groups attached to an aromatic ring is 1.